The average Bonchev–Trinajstić information content (AvgIpc) is 2.44. The van der Waals surface area contributed by atoms with Gasteiger partial charge in [0.15, 0.2) is 0 Å². The summed E-state index contributed by atoms with van der Waals surface area (Å²) in [5, 5.41) is 11.5. The Balaban J connectivity index is 2.49. The molecule has 1 aromatic carbocycles. The molecule has 1 heterocycles. The maximum absolute atomic E-state index is 11.5. The second kappa shape index (κ2) is 6.42. The lowest BCUT2D eigenvalue weighted by Gasteiger charge is -2.17. The van der Waals surface area contributed by atoms with Gasteiger partial charge in [-0.3, -0.25) is 5.73 Å². The Hall–Kier alpha value is -1.97. The van der Waals surface area contributed by atoms with Gasteiger partial charge >= 0.3 is 5.95 Å². The molecule has 7 nitrogen and oxygen atoms in total. The van der Waals surface area contributed by atoms with E-state index in [1.54, 1.807) is 7.11 Å². The van der Waals surface area contributed by atoms with Crippen LogP contribution in [0.2, 0.25) is 0 Å². The Kier molecular flexibility index (Phi) is 4.79. The van der Waals surface area contributed by atoms with Crippen LogP contribution in [-0.4, -0.2) is 12.1 Å². The van der Waals surface area contributed by atoms with Gasteiger partial charge in [-0.05, 0) is 45.6 Å². The van der Waals surface area contributed by atoms with Crippen molar-refractivity contribution in [2.24, 2.45) is 0 Å². The average molecular weight is 416 g/mol. The minimum absolute atomic E-state index is 0.0603. The smallest absolute Gasteiger partial charge is 0.392 e. The van der Waals surface area contributed by atoms with Gasteiger partial charge in [0.25, 0.3) is 0 Å². The molecular weight excluding hydrogens is 399 g/mol. The van der Waals surface area contributed by atoms with Gasteiger partial charge in [0.1, 0.15) is 17.7 Å². The molecule has 0 bridgehead atoms. The highest BCUT2D eigenvalue weighted by Gasteiger charge is 2.17. The molecule has 118 valence electrons. The van der Waals surface area contributed by atoms with Gasteiger partial charge in [-0.2, -0.15) is 0 Å². The largest absolute Gasteiger partial charge is 0.740 e. The highest BCUT2D eigenvalue weighted by molar-refractivity contribution is 14.1. The van der Waals surface area contributed by atoms with Crippen LogP contribution in [0.15, 0.2) is 18.3 Å². The lowest BCUT2D eigenvalue weighted by molar-refractivity contribution is -0.592. The Morgan fingerprint density at radius 1 is 1.23 bits per heavy atom. The molecule has 0 saturated heterocycles. The number of halogens is 1. The van der Waals surface area contributed by atoms with E-state index in [1.165, 1.54) is 6.20 Å². The monoisotopic (exact) mass is 416 g/mol. The standard InChI is InChI=1S/C14H17IN4O3/c1-7(2)8-4-11(21-3)9(15)5-10(8)22-12-6-19(20)14(17)18-13(12)16/h4-7H,1-3H3,(H4,16,17,18). The number of benzene rings is 1. The van der Waals surface area contributed by atoms with Crippen LogP contribution in [0.3, 0.4) is 0 Å². The summed E-state index contributed by atoms with van der Waals surface area (Å²) in [6, 6.07) is 3.74. The first-order valence-electron chi connectivity index (χ1n) is 6.54. The van der Waals surface area contributed by atoms with Crippen molar-refractivity contribution in [1.82, 2.24) is 4.98 Å². The lowest BCUT2D eigenvalue weighted by atomic mass is 10.0. The number of anilines is 2. The third kappa shape index (κ3) is 3.26. The maximum atomic E-state index is 11.5. The van der Waals surface area contributed by atoms with Gasteiger partial charge < -0.3 is 20.4 Å². The Morgan fingerprint density at radius 3 is 2.50 bits per heavy atom. The molecule has 0 fully saturated rings. The fourth-order valence-electron chi connectivity index (χ4n) is 1.91. The van der Waals surface area contributed by atoms with Gasteiger partial charge in [-0.25, -0.2) is 4.73 Å². The highest BCUT2D eigenvalue weighted by Crippen LogP contribution is 2.37. The first-order valence-corrected chi connectivity index (χ1v) is 7.61. The summed E-state index contributed by atoms with van der Waals surface area (Å²) in [7, 11) is 1.62. The molecule has 0 amide bonds. The van der Waals surface area contributed by atoms with E-state index in [4.69, 9.17) is 20.9 Å². The van der Waals surface area contributed by atoms with E-state index in [0.29, 0.717) is 10.5 Å². The second-order valence-corrected chi connectivity index (χ2v) is 6.12. The molecule has 0 spiro atoms. The van der Waals surface area contributed by atoms with Crippen LogP contribution < -0.4 is 25.7 Å². The summed E-state index contributed by atoms with van der Waals surface area (Å²) in [5.74, 6) is 1.55. The predicted octanol–water partition coefficient (Wildman–Crippen LogP) is 2.41. The second-order valence-electron chi connectivity index (χ2n) is 4.96. The Labute approximate surface area is 142 Å². The first kappa shape index (κ1) is 16.4. The summed E-state index contributed by atoms with van der Waals surface area (Å²) in [6.07, 6.45) is 1.17. The lowest BCUT2D eigenvalue weighted by Crippen LogP contribution is -2.31. The SMILES string of the molecule is COc1cc(C(C)C)c(Oc2c[n+]([O-])c(N)nc2N)cc1I. The molecule has 2 aromatic rings. The first-order chi connectivity index (χ1) is 10.3. The fourth-order valence-corrected chi connectivity index (χ4v) is 2.57. The van der Waals surface area contributed by atoms with E-state index in [9.17, 15) is 5.21 Å². The van der Waals surface area contributed by atoms with E-state index >= 15 is 0 Å². The molecule has 0 saturated carbocycles. The van der Waals surface area contributed by atoms with Crippen molar-refractivity contribution in [3.63, 3.8) is 0 Å². The van der Waals surface area contributed by atoms with E-state index in [2.05, 4.69) is 27.6 Å². The third-order valence-electron chi connectivity index (χ3n) is 3.07. The normalized spacial score (nSPS) is 10.8. The van der Waals surface area contributed by atoms with Crippen LogP contribution in [0.5, 0.6) is 17.2 Å². The molecule has 8 heteroatoms. The molecule has 1 aromatic heterocycles. The summed E-state index contributed by atoms with van der Waals surface area (Å²) < 4.78 is 12.4. The molecule has 0 atom stereocenters. The molecule has 2 rings (SSSR count). The van der Waals surface area contributed by atoms with Gasteiger partial charge in [-0.1, -0.05) is 13.8 Å². The van der Waals surface area contributed by atoms with E-state index in [0.717, 1.165) is 14.9 Å². The molecule has 0 unspecified atom stereocenters. The molecule has 0 aliphatic heterocycles. The topological polar surface area (TPSA) is 110 Å². The molecule has 4 N–H and O–H groups in total. The number of nitrogens with two attached hydrogens (primary N) is 2. The fraction of sp³-hybridized carbons (Fsp3) is 0.286. The zero-order valence-corrected chi connectivity index (χ0v) is 14.6. The summed E-state index contributed by atoms with van der Waals surface area (Å²) in [4.78, 5) is 3.75. The molecule has 22 heavy (non-hydrogen) atoms. The number of nitrogen functional groups attached to an aromatic ring is 2. The summed E-state index contributed by atoms with van der Waals surface area (Å²) in [6.45, 7) is 4.07. The van der Waals surface area contributed by atoms with Crippen LogP contribution >= 0.6 is 22.6 Å². The van der Waals surface area contributed by atoms with Crippen molar-refractivity contribution in [2.45, 2.75) is 19.8 Å². The maximum Gasteiger partial charge on any atom is 0.392 e. The van der Waals surface area contributed by atoms with Crippen LogP contribution in [0.4, 0.5) is 11.8 Å². The molecular formula is C14H17IN4O3. The molecule has 0 radical (unpaired) electrons. The van der Waals surface area contributed by atoms with Crippen LogP contribution in [0, 0.1) is 8.78 Å². The van der Waals surface area contributed by atoms with Crippen molar-refractivity contribution in [3.8, 4) is 17.2 Å². The third-order valence-corrected chi connectivity index (χ3v) is 3.92. The number of hydrogen-bond acceptors (Lipinski definition) is 6. The number of aromatic nitrogens is 2. The zero-order chi connectivity index (χ0) is 16.4. The summed E-state index contributed by atoms with van der Waals surface area (Å²) >= 11 is 2.15. The quantitative estimate of drug-likeness (QED) is 0.450. The molecule has 0 aliphatic rings. The highest BCUT2D eigenvalue weighted by atomic mass is 127. The van der Waals surface area contributed by atoms with Crippen molar-refractivity contribution >= 4 is 34.4 Å². The minimum atomic E-state index is -0.224. The Bertz CT molecular complexity index is 707. The summed E-state index contributed by atoms with van der Waals surface area (Å²) in [5.41, 5.74) is 12.1. The predicted molar refractivity (Wildman–Crippen MR) is 91.9 cm³/mol. The number of nitrogens with zero attached hydrogens (tertiary/aromatic N) is 2. The van der Waals surface area contributed by atoms with Crippen LogP contribution in [-0.2, 0) is 0 Å². The Morgan fingerprint density at radius 2 is 1.91 bits per heavy atom. The number of rotatable bonds is 4. The van der Waals surface area contributed by atoms with E-state index in [-0.39, 0.29) is 23.4 Å². The molecule has 0 aliphatic carbocycles. The van der Waals surface area contributed by atoms with Gasteiger partial charge in [0.05, 0.1) is 10.7 Å². The van der Waals surface area contributed by atoms with Gasteiger partial charge in [-0.15, -0.1) is 0 Å². The number of ether oxygens (including phenoxy) is 2. The van der Waals surface area contributed by atoms with E-state index < -0.39 is 0 Å². The van der Waals surface area contributed by atoms with Crippen molar-refractivity contribution in [3.05, 3.63) is 32.7 Å². The number of hydrogen-bond donors (Lipinski definition) is 2. The zero-order valence-electron chi connectivity index (χ0n) is 12.5. The van der Waals surface area contributed by atoms with Crippen molar-refractivity contribution in [2.75, 3.05) is 18.6 Å². The van der Waals surface area contributed by atoms with E-state index in [1.807, 2.05) is 26.0 Å². The van der Waals surface area contributed by atoms with Crippen LogP contribution in [0.25, 0.3) is 0 Å². The van der Waals surface area contributed by atoms with Gasteiger partial charge in [0, 0.05) is 5.56 Å². The van der Waals surface area contributed by atoms with Crippen molar-refractivity contribution < 1.29 is 14.2 Å². The van der Waals surface area contributed by atoms with Crippen LogP contribution in [0.1, 0.15) is 25.3 Å². The van der Waals surface area contributed by atoms with Gasteiger partial charge in [0.2, 0.25) is 11.6 Å². The minimum Gasteiger partial charge on any atom is -0.740 e. The number of methoxy groups -OCH3 is 1. The van der Waals surface area contributed by atoms with Crippen molar-refractivity contribution in [1.29, 1.82) is 0 Å².